The Morgan fingerprint density at radius 1 is 1.33 bits per heavy atom. The van der Waals surface area contributed by atoms with Crippen LogP contribution in [0.3, 0.4) is 0 Å². The third-order valence-corrected chi connectivity index (χ3v) is 2.08. The van der Waals surface area contributed by atoms with Crippen LogP contribution in [0.15, 0.2) is 0 Å². The van der Waals surface area contributed by atoms with Crippen molar-refractivity contribution in [2.75, 3.05) is 7.11 Å². The summed E-state index contributed by atoms with van der Waals surface area (Å²) in [6.07, 6.45) is -2.27. The lowest BCUT2D eigenvalue weighted by molar-refractivity contribution is -0.0224. The average Bonchev–Trinajstić information content (AvgIpc) is 2.80. The summed E-state index contributed by atoms with van der Waals surface area (Å²) in [7, 11) is 1.51. The highest BCUT2D eigenvalue weighted by Gasteiger charge is 2.48. The van der Waals surface area contributed by atoms with Gasteiger partial charge in [-0.15, -0.1) is 0 Å². The van der Waals surface area contributed by atoms with Gasteiger partial charge in [0.25, 0.3) is 0 Å². The van der Waals surface area contributed by atoms with E-state index in [1.54, 1.807) is 0 Å². The molecule has 0 bridgehead atoms. The molecule has 0 spiro atoms. The van der Waals surface area contributed by atoms with Crippen molar-refractivity contribution in [3.63, 3.8) is 0 Å². The highest BCUT2D eigenvalue weighted by Crippen LogP contribution is 2.28. The van der Waals surface area contributed by atoms with E-state index in [2.05, 4.69) is 0 Å². The van der Waals surface area contributed by atoms with Crippen LogP contribution in [0.5, 0.6) is 0 Å². The molecule has 0 radical (unpaired) electrons. The fourth-order valence-corrected chi connectivity index (χ4v) is 1.13. The van der Waals surface area contributed by atoms with E-state index >= 15 is 0 Å². The third-order valence-electron chi connectivity index (χ3n) is 2.08. The maximum atomic E-state index is 9.47. The lowest BCUT2D eigenvalue weighted by Gasteiger charge is -2.18. The first-order chi connectivity index (χ1) is 5.57. The minimum absolute atomic E-state index is 0.0294. The molecule has 0 aliphatic carbocycles. The molecular formula is C8H16O4. The van der Waals surface area contributed by atoms with Gasteiger partial charge in [-0.3, -0.25) is 0 Å². The molecule has 1 rings (SSSR count). The zero-order valence-corrected chi connectivity index (χ0v) is 7.60. The van der Waals surface area contributed by atoms with E-state index in [4.69, 9.17) is 9.47 Å². The molecule has 72 valence electrons. The van der Waals surface area contributed by atoms with Gasteiger partial charge in [0, 0.05) is 7.11 Å². The van der Waals surface area contributed by atoms with Crippen LogP contribution >= 0.6 is 0 Å². The van der Waals surface area contributed by atoms with Crippen LogP contribution in [0.25, 0.3) is 0 Å². The Labute approximate surface area is 72.1 Å². The fraction of sp³-hybridized carbons (Fsp3) is 1.00. The van der Waals surface area contributed by atoms with Gasteiger partial charge >= 0.3 is 0 Å². The van der Waals surface area contributed by atoms with Gasteiger partial charge in [0.15, 0.2) is 6.29 Å². The summed E-state index contributed by atoms with van der Waals surface area (Å²) < 4.78 is 9.80. The molecule has 0 saturated carbocycles. The molecular weight excluding hydrogens is 160 g/mol. The molecule has 4 atom stereocenters. The van der Waals surface area contributed by atoms with E-state index in [-0.39, 0.29) is 18.3 Å². The van der Waals surface area contributed by atoms with Gasteiger partial charge in [0.2, 0.25) is 0 Å². The second kappa shape index (κ2) is 3.70. The topological polar surface area (TPSA) is 62.2 Å². The number of methoxy groups -OCH3 is 1. The van der Waals surface area contributed by atoms with Crippen molar-refractivity contribution in [1.82, 2.24) is 0 Å². The standard InChI is InChI=1S/C8H16O4/c1-4(2)5(9)6(10)7-8(11-3)12-7/h4-10H,1-3H3/t5?,6?,7?,8-/m1/s1. The van der Waals surface area contributed by atoms with Gasteiger partial charge in [0.05, 0.1) is 6.10 Å². The summed E-state index contributed by atoms with van der Waals surface area (Å²) >= 11 is 0. The van der Waals surface area contributed by atoms with Gasteiger partial charge in [-0.1, -0.05) is 13.8 Å². The molecule has 0 aromatic carbocycles. The van der Waals surface area contributed by atoms with E-state index < -0.39 is 12.2 Å². The maximum Gasteiger partial charge on any atom is 0.186 e. The Morgan fingerprint density at radius 3 is 2.25 bits per heavy atom. The molecule has 1 heterocycles. The third kappa shape index (κ3) is 1.95. The summed E-state index contributed by atoms with van der Waals surface area (Å²) in [5, 5.41) is 18.9. The number of hydrogen-bond donors (Lipinski definition) is 2. The molecule has 2 N–H and O–H groups in total. The Bertz CT molecular complexity index is 148. The van der Waals surface area contributed by atoms with Gasteiger partial charge in [-0.25, -0.2) is 0 Å². The molecule has 1 aliphatic heterocycles. The van der Waals surface area contributed by atoms with Crippen molar-refractivity contribution in [3.8, 4) is 0 Å². The van der Waals surface area contributed by atoms with Crippen molar-refractivity contribution in [2.24, 2.45) is 5.92 Å². The highest BCUT2D eigenvalue weighted by molar-refractivity contribution is 4.89. The van der Waals surface area contributed by atoms with Gasteiger partial charge in [-0.05, 0) is 5.92 Å². The number of rotatable bonds is 4. The largest absolute Gasteiger partial charge is 0.390 e. The molecule has 1 saturated heterocycles. The minimum Gasteiger partial charge on any atom is -0.390 e. The van der Waals surface area contributed by atoms with Gasteiger partial charge in [0.1, 0.15) is 12.2 Å². The van der Waals surface area contributed by atoms with E-state index in [1.807, 2.05) is 13.8 Å². The second-order valence-corrected chi connectivity index (χ2v) is 3.43. The first-order valence-corrected chi connectivity index (χ1v) is 4.12. The average molecular weight is 176 g/mol. The first-order valence-electron chi connectivity index (χ1n) is 4.12. The SMILES string of the molecule is CO[C@@H]1OC1C(O)C(O)C(C)C. The summed E-state index contributed by atoms with van der Waals surface area (Å²) in [6, 6.07) is 0. The highest BCUT2D eigenvalue weighted by atomic mass is 16.8. The van der Waals surface area contributed by atoms with Gasteiger partial charge in [-0.2, -0.15) is 0 Å². The van der Waals surface area contributed by atoms with Crippen molar-refractivity contribution >= 4 is 0 Å². The number of epoxide rings is 1. The van der Waals surface area contributed by atoms with Crippen LogP contribution in [-0.4, -0.2) is 41.9 Å². The quantitative estimate of drug-likeness (QED) is 0.579. The molecule has 1 aliphatic rings. The fourth-order valence-electron chi connectivity index (χ4n) is 1.13. The molecule has 0 aromatic heterocycles. The lowest BCUT2D eigenvalue weighted by Crippen LogP contribution is -2.36. The van der Waals surface area contributed by atoms with Gasteiger partial charge < -0.3 is 19.7 Å². The zero-order valence-electron chi connectivity index (χ0n) is 7.60. The second-order valence-electron chi connectivity index (χ2n) is 3.43. The monoisotopic (exact) mass is 176 g/mol. The molecule has 0 amide bonds. The van der Waals surface area contributed by atoms with Crippen LogP contribution in [0.1, 0.15) is 13.8 Å². The Hall–Kier alpha value is -0.160. The van der Waals surface area contributed by atoms with Crippen LogP contribution < -0.4 is 0 Å². The van der Waals surface area contributed by atoms with E-state index in [9.17, 15) is 10.2 Å². The summed E-state index contributed by atoms with van der Waals surface area (Å²) in [5.74, 6) is 0.0294. The number of ether oxygens (including phenoxy) is 2. The number of hydrogen-bond acceptors (Lipinski definition) is 4. The number of aliphatic hydroxyl groups excluding tert-OH is 2. The van der Waals surface area contributed by atoms with Crippen LogP contribution in [0, 0.1) is 5.92 Å². The van der Waals surface area contributed by atoms with Crippen LogP contribution in [0.2, 0.25) is 0 Å². The van der Waals surface area contributed by atoms with E-state index in [1.165, 1.54) is 7.11 Å². The first kappa shape index (κ1) is 9.92. The van der Waals surface area contributed by atoms with Crippen LogP contribution in [-0.2, 0) is 9.47 Å². The van der Waals surface area contributed by atoms with E-state index in [0.29, 0.717) is 0 Å². The zero-order chi connectivity index (χ0) is 9.30. The predicted octanol–water partition coefficient (Wildman–Crippen LogP) is -0.265. The maximum absolute atomic E-state index is 9.47. The Kier molecular flexibility index (Phi) is 3.06. The molecule has 1 fully saturated rings. The molecule has 3 unspecified atom stereocenters. The summed E-state index contributed by atoms with van der Waals surface area (Å²) in [4.78, 5) is 0. The smallest absolute Gasteiger partial charge is 0.186 e. The van der Waals surface area contributed by atoms with Crippen molar-refractivity contribution in [1.29, 1.82) is 0 Å². The summed E-state index contributed by atoms with van der Waals surface area (Å²) in [6.45, 7) is 3.69. The predicted molar refractivity (Wildman–Crippen MR) is 42.5 cm³/mol. The normalized spacial score (nSPS) is 33.5. The molecule has 12 heavy (non-hydrogen) atoms. The number of aliphatic hydroxyl groups is 2. The lowest BCUT2D eigenvalue weighted by atomic mass is 10.00. The molecule has 0 aromatic rings. The van der Waals surface area contributed by atoms with E-state index in [0.717, 1.165) is 0 Å². The Balaban J connectivity index is 2.34. The van der Waals surface area contributed by atoms with Crippen molar-refractivity contribution in [2.45, 2.75) is 38.4 Å². The van der Waals surface area contributed by atoms with Crippen molar-refractivity contribution in [3.05, 3.63) is 0 Å². The van der Waals surface area contributed by atoms with Crippen LogP contribution in [0.4, 0.5) is 0 Å². The minimum atomic E-state index is -0.838. The van der Waals surface area contributed by atoms with Crippen molar-refractivity contribution < 1.29 is 19.7 Å². The molecule has 4 heteroatoms. The molecule has 4 nitrogen and oxygen atoms in total. The Morgan fingerprint density at radius 2 is 1.92 bits per heavy atom. The summed E-state index contributed by atoms with van der Waals surface area (Å²) in [5.41, 5.74) is 0.